The summed E-state index contributed by atoms with van der Waals surface area (Å²) in [5.41, 5.74) is 6.72. The van der Waals surface area contributed by atoms with Crippen molar-refractivity contribution < 1.29 is 0 Å². The van der Waals surface area contributed by atoms with E-state index in [-0.39, 0.29) is 0 Å². The molecule has 0 spiro atoms. The summed E-state index contributed by atoms with van der Waals surface area (Å²) >= 11 is 0. The third-order valence-electron chi connectivity index (χ3n) is 4.83. The number of aryl methyl sites for hydroxylation is 1. The molecule has 27 heavy (non-hydrogen) atoms. The van der Waals surface area contributed by atoms with Gasteiger partial charge in [-0.2, -0.15) is 0 Å². The van der Waals surface area contributed by atoms with Crippen LogP contribution in [0.2, 0.25) is 0 Å². The molecule has 2 aromatic heterocycles. The number of rotatable bonds is 3. The first-order valence-corrected chi connectivity index (χ1v) is 9.01. The van der Waals surface area contributed by atoms with Gasteiger partial charge in [0.2, 0.25) is 0 Å². The van der Waals surface area contributed by atoms with Crippen molar-refractivity contribution in [1.29, 1.82) is 0 Å². The lowest BCUT2D eigenvalue weighted by Gasteiger charge is -2.12. The summed E-state index contributed by atoms with van der Waals surface area (Å²) in [4.78, 5) is 13.7. The SMILES string of the molecule is Cc1ccc2nc(-c3ccncc3)nc(Nc3ccc4c(c3)C=CC4)c2c1. The van der Waals surface area contributed by atoms with Gasteiger partial charge in [-0.15, -0.1) is 0 Å². The molecule has 1 aliphatic rings. The second-order valence-electron chi connectivity index (χ2n) is 6.80. The molecular formula is C23H18N4. The minimum atomic E-state index is 0.692. The normalized spacial score (nSPS) is 12.3. The Morgan fingerprint density at radius 2 is 1.81 bits per heavy atom. The van der Waals surface area contributed by atoms with Crippen LogP contribution in [0.5, 0.6) is 0 Å². The van der Waals surface area contributed by atoms with Gasteiger partial charge < -0.3 is 5.32 Å². The Labute approximate surface area is 157 Å². The molecule has 4 heteroatoms. The lowest BCUT2D eigenvalue weighted by molar-refractivity contribution is 1.21. The number of fused-ring (bicyclic) bond motifs is 2. The standard InChI is InChI=1S/C23H18N4/c1-15-5-8-21-20(13-15)23(27-22(26-21)17-9-11-24-12-10-17)25-19-7-6-16-3-2-4-18(16)14-19/h2,4-14H,3H2,1H3,(H,25,26,27). The quantitative estimate of drug-likeness (QED) is 0.544. The van der Waals surface area contributed by atoms with Gasteiger partial charge in [0, 0.05) is 29.0 Å². The van der Waals surface area contributed by atoms with Crippen LogP contribution < -0.4 is 5.32 Å². The van der Waals surface area contributed by atoms with Crippen LogP contribution in [0.15, 0.2) is 67.0 Å². The number of aromatic nitrogens is 3. The zero-order valence-electron chi connectivity index (χ0n) is 15.0. The van der Waals surface area contributed by atoms with E-state index in [1.54, 1.807) is 12.4 Å². The summed E-state index contributed by atoms with van der Waals surface area (Å²) in [6, 6.07) is 16.6. The van der Waals surface area contributed by atoms with Crippen LogP contribution in [-0.2, 0) is 6.42 Å². The molecule has 4 nitrogen and oxygen atoms in total. The molecule has 1 N–H and O–H groups in total. The number of pyridine rings is 1. The zero-order valence-corrected chi connectivity index (χ0v) is 15.0. The minimum Gasteiger partial charge on any atom is -0.340 e. The van der Waals surface area contributed by atoms with Crippen molar-refractivity contribution in [3.63, 3.8) is 0 Å². The van der Waals surface area contributed by atoms with Crippen molar-refractivity contribution in [3.05, 3.63) is 83.7 Å². The number of allylic oxidation sites excluding steroid dienone is 1. The summed E-state index contributed by atoms with van der Waals surface area (Å²) in [5.74, 6) is 1.51. The average molecular weight is 350 g/mol. The van der Waals surface area contributed by atoms with Gasteiger partial charge in [-0.25, -0.2) is 9.97 Å². The van der Waals surface area contributed by atoms with Gasteiger partial charge in [-0.1, -0.05) is 29.8 Å². The molecule has 0 saturated carbocycles. The van der Waals surface area contributed by atoms with Gasteiger partial charge in [0.15, 0.2) is 5.82 Å². The fourth-order valence-electron chi connectivity index (χ4n) is 3.43. The molecule has 4 aromatic rings. The molecule has 2 heterocycles. The molecule has 0 bridgehead atoms. The van der Waals surface area contributed by atoms with Crippen molar-refractivity contribution in [2.24, 2.45) is 0 Å². The van der Waals surface area contributed by atoms with E-state index in [2.05, 4.69) is 59.7 Å². The van der Waals surface area contributed by atoms with Gasteiger partial charge >= 0.3 is 0 Å². The number of benzene rings is 2. The van der Waals surface area contributed by atoms with Crippen molar-refractivity contribution in [2.45, 2.75) is 13.3 Å². The second kappa shape index (κ2) is 6.32. The molecule has 0 fully saturated rings. The Morgan fingerprint density at radius 3 is 2.70 bits per heavy atom. The highest BCUT2D eigenvalue weighted by molar-refractivity contribution is 5.93. The number of nitrogens with one attached hydrogen (secondary N) is 1. The third-order valence-corrected chi connectivity index (χ3v) is 4.83. The molecule has 130 valence electrons. The van der Waals surface area contributed by atoms with Gasteiger partial charge in [0.25, 0.3) is 0 Å². The molecule has 0 unspecified atom stereocenters. The maximum Gasteiger partial charge on any atom is 0.162 e. The van der Waals surface area contributed by atoms with E-state index >= 15 is 0 Å². The summed E-state index contributed by atoms with van der Waals surface area (Å²) in [5, 5.41) is 4.53. The van der Waals surface area contributed by atoms with E-state index in [1.807, 2.05) is 18.2 Å². The molecule has 0 saturated heterocycles. The first-order valence-electron chi connectivity index (χ1n) is 9.01. The van der Waals surface area contributed by atoms with Gasteiger partial charge in [-0.05, 0) is 60.9 Å². The van der Waals surface area contributed by atoms with Crippen molar-refractivity contribution in [1.82, 2.24) is 15.0 Å². The Balaban J connectivity index is 1.65. The Hall–Kier alpha value is -3.53. The maximum absolute atomic E-state index is 4.83. The topological polar surface area (TPSA) is 50.7 Å². The Kier molecular flexibility index (Phi) is 3.68. The van der Waals surface area contributed by atoms with E-state index in [1.165, 1.54) is 16.7 Å². The monoisotopic (exact) mass is 350 g/mol. The van der Waals surface area contributed by atoms with E-state index in [4.69, 9.17) is 9.97 Å². The highest BCUT2D eigenvalue weighted by Gasteiger charge is 2.12. The highest BCUT2D eigenvalue weighted by atomic mass is 15.0. The maximum atomic E-state index is 4.83. The van der Waals surface area contributed by atoms with E-state index < -0.39 is 0 Å². The van der Waals surface area contributed by atoms with Crippen LogP contribution in [0.25, 0.3) is 28.4 Å². The van der Waals surface area contributed by atoms with E-state index in [0.717, 1.165) is 34.4 Å². The molecule has 0 amide bonds. The largest absolute Gasteiger partial charge is 0.340 e. The third kappa shape index (κ3) is 2.95. The summed E-state index contributed by atoms with van der Waals surface area (Å²) in [7, 11) is 0. The summed E-state index contributed by atoms with van der Waals surface area (Å²) in [6.07, 6.45) is 8.90. The number of hydrogen-bond acceptors (Lipinski definition) is 4. The summed E-state index contributed by atoms with van der Waals surface area (Å²) < 4.78 is 0. The highest BCUT2D eigenvalue weighted by Crippen LogP contribution is 2.30. The first-order chi connectivity index (χ1) is 13.3. The molecular weight excluding hydrogens is 332 g/mol. The molecule has 5 rings (SSSR count). The van der Waals surface area contributed by atoms with Gasteiger partial charge in [0.1, 0.15) is 5.82 Å². The average Bonchev–Trinajstić information content (AvgIpc) is 3.17. The van der Waals surface area contributed by atoms with Crippen molar-refractivity contribution >= 4 is 28.5 Å². The van der Waals surface area contributed by atoms with Gasteiger partial charge in [-0.3, -0.25) is 4.98 Å². The van der Waals surface area contributed by atoms with Gasteiger partial charge in [0.05, 0.1) is 5.52 Å². The molecule has 1 aliphatic carbocycles. The van der Waals surface area contributed by atoms with Crippen LogP contribution in [0.1, 0.15) is 16.7 Å². The number of nitrogens with zero attached hydrogens (tertiary/aromatic N) is 3. The molecule has 0 atom stereocenters. The lowest BCUT2D eigenvalue weighted by Crippen LogP contribution is -2.00. The lowest BCUT2D eigenvalue weighted by atomic mass is 10.1. The van der Waals surface area contributed by atoms with Crippen LogP contribution in [0, 0.1) is 6.92 Å². The Bertz CT molecular complexity index is 1180. The fourth-order valence-corrected chi connectivity index (χ4v) is 3.43. The predicted molar refractivity (Wildman–Crippen MR) is 110 cm³/mol. The van der Waals surface area contributed by atoms with E-state index in [9.17, 15) is 0 Å². The van der Waals surface area contributed by atoms with Crippen molar-refractivity contribution in [2.75, 3.05) is 5.32 Å². The number of anilines is 2. The van der Waals surface area contributed by atoms with E-state index in [0.29, 0.717) is 5.82 Å². The van der Waals surface area contributed by atoms with Crippen LogP contribution in [0.3, 0.4) is 0 Å². The summed E-state index contributed by atoms with van der Waals surface area (Å²) in [6.45, 7) is 2.08. The van der Waals surface area contributed by atoms with Crippen LogP contribution >= 0.6 is 0 Å². The molecule has 0 aliphatic heterocycles. The van der Waals surface area contributed by atoms with Crippen LogP contribution in [-0.4, -0.2) is 15.0 Å². The van der Waals surface area contributed by atoms with Crippen LogP contribution in [0.4, 0.5) is 11.5 Å². The smallest absolute Gasteiger partial charge is 0.162 e. The first kappa shape index (κ1) is 15.7. The number of hydrogen-bond donors (Lipinski definition) is 1. The predicted octanol–water partition coefficient (Wildman–Crippen LogP) is 5.31. The molecule has 2 aromatic carbocycles. The fraction of sp³-hybridized carbons (Fsp3) is 0.0870. The van der Waals surface area contributed by atoms with Crippen molar-refractivity contribution in [3.8, 4) is 11.4 Å². The second-order valence-corrected chi connectivity index (χ2v) is 6.80. The minimum absolute atomic E-state index is 0.692. The Morgan fingerprint density at radius 1 is 0.926 bits per heavy atom. The molecule has 0 radical (unpaired) electrons. The zero-order chi connectivity index (χ0) is 18.2.